The minimum atomic E-state index is -4.16. The van der Waals surface area contributed by atoms with Crippen molar-refractivity contribution < 1.29 is 109 Å². The molecule has 7 aliphatic rings. The number of nitrogens with one attached hydrogen (secondary N) is 9. The van der Waals surface area contributed by atoms with Crippen LogP contribution in [0.2, 0.25) is 0 Å². The fraction of sp³-hybridized carbons (Fsp3) is 0.624. The van der Waals surface area contributed by atoms with E-state index < -0.39 is 97.8 Å². The maximum absolute atomic E-state index is 15.4. The molecule has 5 aliphatic carbocycles. The van der Waals surface area contributed by atoms with Gasteiger partial charge in [-0.3, -0.25) is 57.4 Å². The third kappa shape index (κ3) is 29.8. The summed E-state index contributed by atoms with van der Waals surface area (Å²) in [5, 5.41) is 37.5. The maximum atomic E-state index is 15.4. The Morgan fingerprint density at radius 3 is 1.80 bits per heavy atom. The molecule has 0 aromatic heterocycles. The monoisotopic (exact) mass is 1930 g/mol. The summed E-state index contributed by atoms with van der Waals surface area (Å²) >= 11 is 0. The number of nitrogens with zero attached hydrogens (tertiary/aromatic N) is 3. The van der Waals surface area contributed by atoms with Gasteiger partial charge in [-0.2, -0.15) is 13.5 Å². The second-order valence-corrected chi connectivity index (χ2v) is 39.4. The molecule has 1 spiro atoms. The number of para-hydroxylation sites is 1. The van der Waals surface area contributed by atoms with Gasteiger partial charge in [0, 0.05) is 74.7 Å². The quantitative estimate of drug-likeness (QED) is 0.00644. The second-order valence-electron chi connectivity index (χ2n) is 37.9. The van der Waals surface area contributed by atoms with Gasteiger partial charge in [-0.25, -0.2) is 5.53 Å². The van der Waals surface area contributed by atoms with Crippen LogP contribution in [0.1, 0.15) is 209 Å². The van der Waals surface area contributed by atoms with Crippen molar-refractivity contribution in [1.82, 2.24) is 42.1 Å². The summed E-state index contributed by atoms with van der Waals surface area (Å²) in [5.41, 5.74) is 16.4. The molecule has 137 heavy (non-hydrogen) atoms. The molecule has 10 atom stereocenters. The molecule has 3 fully saturated rings. The highest BCUT2D eigenvalue weighted by atomic mass is 32.2. The zero-order valence-electron chi connectivity index (χ0n) is 80.6. The lowest BCUT2D eigenvalue weighted by Gasteiger charge is -2.55. The summed E-state index contributed by atoms with van der Waals surface area (Å²) < 4.78 is 81.5. The number of aryl methyl sites for hydroxylation is 2. The number of carbonyl (C=O) groups excluding carboxylic acids is 10. The Hall–Kier alpha value is -9.99. The molecule has 2 heterocycles. The molecule has 10 amide bonds. The summed E-state index contributed by atoms with van der Waals surface area (Å²) in [7, 11) is -4.16. The van der Waals surface area contributed by atoms with Crippen LogP contribution in [0, 0.1) is 28.7 Å². The van der Waals surface area contributed by atoms with Crippen molar-refractivity contribution in [3.05, 3.63) is 142 Å². The first-order chi connectivity index (χ1) is 65.9. The molecule has 752 valence electrons. The van der Waals surface area contributed by atoms with Crippen LogP contribution in [0.25, 0.3) is 5.57 Å². The van der Waals surface area contributed by atoms with Gasteiger partial charge in [0.15, 0.2) is 0 Å². The predicted octanol–water partition coefficient (Wildman–Crippen LogP) is 9.37. The van der Waals surface area contributed by atoms with Gasteiger partial charge in [0.1, 0.15) is 47.8 Å². The van der Waals surface area contributed by atoms with E-state index in [0.29, 0.717) is 109 Å². The standard InChI is InChI=1S/C101H144N12O23S/c1-68(2)91(95(122)107-70(4)93(120)108-75-30-26-71-29-33-85-99(6,78(71)64-75)39-18-41-101(85)97(124)113(101)96(123)100(7)40-17-38-98(5)79-65-76(114)31-27-72(79)28-32-84(98)100)110-94(121)81(23-15-16-42-104-89(118)67-136-83-25-10-8-9-22-80(92(83)111-102)103-43-48-130-52-56-134-60-58-132-54-50-128-46-36-87(116)106-45-62-137(125,126)127)109-88(117)37-47-129-51-55-133-59-61-135-57-53-131-49-44-105-86(115)34-35-90(119)112-66-74-20-12-11-19-73(74)63-69(3)77-21-13-14-24-82(77)112/h11-14,19-21,24,26-27,30-31,64-65,68,70,81,83-85,91,102-103,114H,3,8-10,15-18,22-23,25,28-29,32-63,66-67H2,1-2,4-7H3,(H,104,118)(H,105,115)(H,106,116)(H,107,122)(H,108,120)(H,109,117)(H,110,121)(H,125,126,127)/b92-80-,111-102?/t70-,81+,83?,84+,85?,91-,98+,99+,100-,101+,113?/m0/s1. The van der Waals surface area contributed by atoms with Crippen LogP contribution in [0.4, 0.5) is 11.4 Å². The summed E-state index contributed by atoms with van der Waals surface area (Å²) in [4.78, 5) is 142. The van der Waals surface area contributed by atoms with E-state index >= 15 is 4.79 Å². The van der Waals surface area contributed by atoms with Gasteiger partial charge in [-0.1, -0.05) is 115 Å². The molecule has 35 nitrogen and oxygen atoms in total. The average molecular weight is 1930 g/mol. The third-order valence-corrected chi connectivity index (χ3v) is 28.7. The van der Waals surface area contributed by atoms with Gasteiger partial charge >= 0.3 is 0 Å². The Morgan fingerprint density at radius 1 is 0.555 bits per heavy atom. The van der Waals surface area contributed by atoms with Crippen molar-refractivity contribution in [2.24, 2.45) is 28.3 Å². The largest absolute Gasteiger partial charge is 0.508 e. The Labute approximate surface area is 804 Å². The van der Waals surface area contributed by atoms with Crippen LogP contribution in [0.3, 0.4) is 0 Å². The number of imide groups is 1. The van der Waals surface area contributed by atoms with Crippen molar-refractivity contribution >= 4 is 86.1 Å². The number of aromatic hydroxyl groups is 1. The lowest BCUT2D eigenvalue weighted by molar-refractivity contribution is -0.148. The van der Waals surface area contributed by atoms with Crippen LogP contribution >= 0.6 is 0 Å². The number of phenols is 1. The molecule has 1 saturated heterocycles. The number of unbranched alkanes of at least 4 members (excludes halogenated alkanes) is 1. The SMILES string of the molecule is C=C1Cc2ccccc2CN(C(=O)CCC(=O)NCCOCCOCCOCCOCCC(=O)N[C@H](CCCCNC(=O)COC2CCCCC/C(NCCOCCOCCOCCOCCC(=O)NCCS(=O)(=O)O)=C\2N=N)C(=O)N[C@H](C(=O)N[C@@H](C)C(=O)Nc2ccc3c(c2)[C@@]2(C)CCC[C@]4(C(=O)N4C(=O)[C@@]4(C)CCC[C@]5(C)c6cc(O)ccc6CC[C@@H]45)C2CC3)C(C)C)c2ccccc21. The molecule has 0 bridgehead atoms. The molecule has 2 saturated carbocycles. The number of amides is 10. The van der Waals surface area contributed by atoms with E-state index in [1.54, 1.807) is 36.6 Å². The molecule has 11 rings (SSSR count). The molecule has 0 radical (unpaired) electrons. The third-order valence-electron chi connectivity index (χ3n) is 28.0. The van der Waals surface area contributed by atoms with Crippen molar-refractivity contribution in [1.29, 1.82) is 5.53 Å². The van der Waals surface area contributed by atoms with Crippen LogP contribution in [0.15, 0.2) is 108 Å². The number of carbonyl (C=O) groups is 10. The summed E-state index contributed by atoms with van der Waals surface area (Å²) in [6, 6.07) is 23.8. The zero-order chi connectivity index (χ0) is 98.1. The number of rotatable bonds is 55. The van der Waals surface area contributed by atoms with Crippen LogP contribution in [-0.4, -0.2) is 256 Å². The van der Waals surface area contributed by atoms with E-state index in [-0.39, 0.29) is 178 Å². The Balaban J connectivity index is 0.610. The normalized spacial score (nSPS) is 22.3. The minimum absolute atomic E-state index is 0.0117. The lowest BCUT2D eigenvalue weighted by atomic mass is 9.49. The van der Waals surface area contributed by atoms with Crippen LogP contribution in [-0.2, 0) is 137 Å². The highest BCUT2D eigenvalue weighted by Gasteiger charge is 2.76. The van der Waals surface area contributed by atoms with E-state index in [9.17, 15) is 56.7 Å². The Kier molecular flexibility index (Phi) is 41.0. The fourth-order valence-corrected chi connectivity index (χ4v) is 21.1. The Bertz CT molecular complexity index is 4980. The lowest BCUT2D eigenvalue weighted by Crippen LogP contribution is -2.57. The van der Waals surface area contributed by atoms with E-state index in [1.165, 1.54) is 5.56 Å². The number of phenolic OH excluding ortho intramolecular Hbond substituents is 1. The number of ether oxygens (including phenoxy) is 9. The first kappa shape index (κ1) is 107. The summed E-state index contributed by atoms with van der Waals surface area (Å²) in [6.45, 7) is 20.5. The number of hydrogen-bond donors (Lipinski definition) is 11. The van der Waals surface area contributed by atoms with E-state index in [1.807, 2.05) is 72.8 Å². The Morgan fingerprint density at radius 2 is 1.13 bits per heavy atom. The number of anilines is 2. The van der Waals surface area contributed by atoms with Crippen molar-refractivity contribution in [2.75, 3.05) is 154 Å². The van der Waals surface area contributed by atoms with Gasteiger partial charge in [0.25, 0.3) is 16.0 Å². The molecule has 4 aromatic rings. The predicted molar refractivity (Wildman–Crippen MR) is 512 cm³/mol. The zero-order valence-corrected chi connectivity index (χ0v) is 81.4. The van der Waals surface area contributed by atoms with Crippen molar-refractivity contribution in [3.63, 3.8) is 0 Å². The fourth-order valence-electron chi connectivity index (χ4n) is 20.8. The van der Waals surface area contributed by atoms with Gasteiger partial charge in [0.05, 0.1) is 129 Å². The number of hydrogen-bond acceptors (Lipinski definition) is 25. The minimum Gasteiger partial charge on any atom is -0.508 e. The molecule has 11 N–H and O–H groups in total. The second kappa shape index (κ2) is 52.3. The molecule has 2 aliphatic heterocycles. The summed E-state index contributed by atoms with van der Waals surface area (Å²) in [5.74, 6) is -4.73. The highest BCUT2D eigenvalue weighted by Crippen LogP contribution is 2.65. The first-order valence-electron chi connectivity index (χ1n) is 48.9. The van der Waals surface area contributed by atoms with Crippen LogP contribution < -0.4 is 47.4 Å². The van der Waals surface area contributed by atoms with Gasteiger partial charge in [-0.15, -0.1) is 0 Å². The molecule has 4 aromatic carbocycles. The molecular weight excluding hydrogens is 1780 g/mol. The maximum Gasteiger partial charge on any atom is 0.266 e. The van der Waals surface area contributed by atoms with E-state index in [4.69, 9.17) is 52.7 Å². The topological polar surface area (TPSA) is 467 Å². The molecular formula is C101H144N12O23S. The number of allylic oxidation sites excluding steroid dienone is 2. The van der Waals surface area contributed by atoms with Crippen molar-refractivity contribution in [2.45, 2.75) is 236 Å². The van der Waals surface area contributed by atoms with Gasteiger partial charge < -0.3 is 95.2 Å². The smallest absolute Gasteiger partial charge is 0.266 e. The van der Waals surface area contributed by atoms with Crippen LogP contribution in [0.5, 0.6) is 5.75 Å². The van der Waals surface area contributed by atoms with Gasteiger partial charge in [0.2, 0.25) is 53.2 Å². The number of benzene rings is 4. The summed E-state index contributed by atoms with van der Waals surface area (Å²) in [6.07, 6.45) is 12.1. The first-order valence-corrected chi connectivity index (χ1v) is 50.5. The van der Waals surface area contributed by atoms with Crippen molar-refractivity contribution in [3.8, 4) is 5.75 Å². The molecule has 36 heteroatoms. The molecule has 2 unspecified atom stereocenters. The van der Waals surface area contributed by atoms with E-state index in [0.717, 1.165) is 115 Å². The van der Waals surface area contributed by atoms with Gasteiger partial charge in [-0.05, 0) is 202 Å². The highest BCUT2D eigenvalue weighted by molar-refractivity contribution is 7.85. The average Bonchev–Trinajstić information content (AvgIpc) is 1.50. The number of fused-ring (bicyclic) bond motifs is 9. The van der Waals surface area contributed by atoms with E-state index in [2.05, 4.69) is 81.1 Å².